The second-order valence-corrected chi connectivity index (χ2v) is 8.93. The van der Waals surface area contributed by atoms with Crippen LogP contribution in [0.15, 0.2) is 0 Å². The molecule has 0 aromatic rings. The lowest BCUT2D eigenvalue weighted by Gasteiger charge is -2.36. The largest absolute Gasteiger partial charge is 0.417 e. The fourth-order valence-electron chi connectivity index (χ4n) is 0.329. The van der Waals surface area contributed by atoms with Crippen LogP contribution in [-0.2, 0) is 4.43 Å². The van der Waals surface area contributed by atoms with Crippen LogP contribution in [0.2, 0.25) is 18.1 Å². The normalized spacial score (nSPS) is 24.5. The average molecular weight is 196 g/mol. The Morgan fingerprint density at radius 3 is 2.25 bits per heavy atom. The van der Waals surface area contributed by atoms with Crippen LogP contribution in [0.4, 0.5) is 0 Å². The fourth-order valence-corrected chi connectivity index (χ4v) is 0.941. The smallest absolute Gasteiger partial charge is 0.191 e. The Bertz CT molecular complexity index is 305. The maximum atomic E-state index is 9.13. The van der Waals surface area contributed by atoms with E-state index in [-0.39, 0.29) is 5.04 Å². The minimum absolute atomic E-state index is 0.349. The van der Waals surface area contributed by atoms with Gasteiger partial charge < -0.3 is 9.53 Å². The van der Waals surface area contributed by atoms with Crippen LogP contribution in [0.1, 0.15) is 35.4 Å². The summed E-state index contributed by atoms with van der Waals surface area (Å²) in [5.41, 5.74) is 0. The minimum Gasteiger partial charge on any atom is -0.417 e. The lowest BCUT2D eigenvalue weighted by Crippen LogP contribution is -2.41. The first-order valence-electron chi connectivity index (χ1n) is 6.88. The van der Waals surface area contributed by atoms with Crippen molar-refractivity contribution in [2.45, 2.75) is 45.3 Å². The summed E-state index contributed by atoms with van der Waals surface area (Å²) in [6.07, 6.45) is -3.16. The molecule has 0 radical (unpaired) electrons. The predicted molar refractivity (Wildman–Crippen MR) is 54.9 cm³/mol. The zero-order chi connectivity index (χ0) is 15.2. The summed E-state index contributed by atoms with van der Waals surface area (Å²) < 4.78 is 49.4. The topological polar surface area (TPSA) is 29.5 Å². The molecule has 0 heterocycles. The van der Waals surface area contributed by atoms with E-state index in [1.807, 2.05) is 20.8 Å². The van der Waals surface area contributed by atoms with Crippen molar-refractivity contribution in [3.63, 3.8) is 0 Å². The van der Waals surface area contributed by atoms with Gasteiger partial charge in [-0.05, 0) is 24.5 Å². The summed E-state index contributed by atoms with van der Waals surface area (Å²) >= 11 is 0. The van der Waals surface area contributed by atoms with Crippen molar-refractivity contribution in [3.8, 4) is 0 Å². The Labute approximate surface area is 85.5 Å². The van der Waals surface area contributed by atoms with E-state index in [1.54, 1.807) is 13.1 Å². The molecule has 0 bridgehead atoms. The number of hydrogen-bond donors (Lipinski definition) is 1. The van der Waals surface area contributed by atoms with Crippen molar-refractivity contribution in [1.29, 1.82) is 0 Å². The first-order chi connectivity index (χ1) is 7.46. The predicted octanol–water partition coefficient (Wildman–Crippen LogP) is 2.39. The first kappa shape index (κ1) is 5.13. The highest BCUT2D eigenvalue weighted by atomic mass is 28.4. The van der Waals surface area contributed by atoms with Crippen molar-refractivity contribution in [2.24, 2.45) is 0 Å². The molecule has 0 aliphatic carbocycles. The van der Waals surface area contributed by atoms with Gasteiger partial charge in [-0.3, -0.25) is 0 Å². The molecule has 0 atom stereocenters. The summed E-state index contributed by atoms with van der Waals surface area (Å²) in [7, 11) is -2.62. The highest BCUT2D eigenvalue weighted by molar-refractivity contribution is 6.74. The summed E-state index contributed by atoms with van der Waals surface area (Å²) in [5.74, 6) is 0. The van der Waals surface area contributed by atoms with Crippen molar-refractivity contribution in [1.82, 2.24) is 0 Å². The van der Waals surface area contributed by atoms with Gasteiger partial charge in [-0.15, -0.1) is 0 Å². The Balaban J connectivity index is 5.33. The van der Waals surface area contributed by atoms with Gasteiger partial charge in [0.1, 0.15) is 0 Å². The van der Waals surface area contributed by atoms with Gasteiger partial charge in [0.2, 0.25) is 0 Å². The third-order valence-electron chi connectivity index (χ3n) is 2.22. The van der Waals surface area contributed by atoms with E-state index in [0.717, 1.165) is 0 Å². The van der Waals surface area contributed by atoms with Crippen LogP contribution in [0.3, 0.4) is 0 Å². The highest BCUT2D eigenvalue weighted by Crippen LogP contribution is 2.36. The van der Waals surface area contributed by atoms with Crippen molar-refractivity contribution >= 4 is 8.32 Å². The Hall–Kier alpha value is 0.137. The van der Waals surface area contributed by atoms with Gasteiger partial charge in [-0.1, -0.05) is 20.8 Å². The highest BCUT2D eigenvalue weighted by Gasteiger charge is 2.36. The Kier molecular flexibility index (Phi) is 1.88. The molecular formula is C9H22O2Si. The standard InChI is InChI=1S/C9H22O2Si/c1-9(2,3)12(4,5)11-8-6-7-10/h10H,6-8H2,1-5H3/i6D2,7D2,8D2. The van der Waals surface area contributed by atoms with E-state index in [2.05, 4.69) is 0 Å². The summed E-state index contributed by atoms with van der Waals surface area (Å²) in [4.78, 5) is 0. The molecule has 12 heavy (non-hydrogen) atoms. The molecule has 0 unspecified atom stereocenters. The minimum atomic E-state index is -3.32. The molecule has 0 aromatic heterocycles. The van der Waals surface area contributed by atoms with Crippen molar-refractivity contribution in [3.05, 3.63) is 0 Å². The van der Waals surface area contributed by atoms with Crippen molar-refractivity contribution in [2.75, 3.05) is 13.1 Å². The fraction of sp³-hybridized carbons (Fsp3) is 1.00. The molecule has 0 aliphatic heterocycles. The summed E-state index contributed by atoms with van der Waals surface area (Å²) in [6, 6.07) is 0. The average Bonchev–Trinajstić information content (AvgIpc) is 1.96. The first-order valence-corrected chi connectivity index (χ1v) is 6.79. The van der Waals surface area contributed by atoms with Crippen LogP contribution in [0, 0.1) is 0 Å². The van der Waals surface area contributed by atoms with Crippen LogP contribution in [0.25, 0.3) is 0 Å². The lowest BCUT2D eigenvalue weighted by molar-refractivity contribution is 0.222. The van der Waals surface area contributed by atoms with E-state index in [9.17, 15) is 0 Å². The van der Waals surface area contributed by atoms with Crippen LogP contribution < -0.4 is 0 Å². The molecule has 2 nitrogen and oxygen atoms in total. The third-order valence-corrected chi connectivity index (χ3v) is 6.44. The molecule has 0 spiro atoms. The molecule has 1 N–H and O–H groups in total. The SMILES string of the molecule is [2H]C([2H])(O)C([2H])([2H])C([2H])([2H])O[Si](C)(C)C(C)(C)C. The Morgan fingerprint density at radius 2 is 1.92 bits per heavy atom. The molecule has 0 saturated heterocycles. The number of hydrogen-bond acceptors (Lipinski definition) is 2. The van der Waals surface area contributed by atoms with Crippen LogP contribution >= 0.6 is 0 Å². The molecule has 0 aromatic carbocycles. The monoisotopic (exact) mass is 196 g/mol. The maximum Gasteiger partial charge on any atom is 0.191 e. The zero-order valence-corrected chi connectivity index (χ0v) is 9.36. The molecule has 3 heteroatoms. The van der Waals surface area contributed by atoms with Gasteiger partial charge >= 0.3 is 0 Å². The van der Waals surface area contributed by atoms with E-state index in [0.29, 0.717) is 0 Å². The van der Waals surface area contributed by atoms with Gasteiger partial charge in [-0.2, -0.15) is 0 Å². The molecule has 74 valence electrons. The molecule has 0 amide bonds. The molecular weight excluding hydrogens is 168 g/mol. The zero-order valence-electron chi connectivity index (χ0n) is 14.4. The summed E-state index contributed by atoms with van der Waals surface area (Å²) in [6.45, 7) is 2.81. The number of aliphatic hydroxyl groups is 1. The third kappa shape index (κ3) is 3.69. The van der Waals surface area contributed by atoms with E-state index in [1.165, 1.54) is 0 Å². The molecule has 0 fully saturated rings. The molecule has 0 saturated carbocycles. The van der Waals surface area contributed by atoms with Gasteiger partial charge in [0, 0.05) is 15.9 Å². The second kappa shape index (κ2) is 4.39. The second-order valence-electron chi connectivity index (χ2n) is 4.20. The Morgan fingerprint density at radius 1 is 1.42 bits per heavy atom. The van der Waals surface area contributed by atoms with Gasteiger partial charge in [0.25, 0.3) is 0 Å². The molecule has 0 aliphatic rings. The lowest BCUT2D eigenvalue weighted by atomic mass is 10.2. The van der Waals surface area contributed by atoms with Crippen LogP contribution in [-0.4, -0.2) is 26.5 Å². The van der Waals surface area contributed by atoms with E-state index >= 15 is 0 Å². The van der Waals surface area contributed by atoms with E-state index < -0.39 is 27.8 Å². The quantitative estimate of drug-likeness (QED) is 0.700. The van der Waals surface area contributed by atoms with Crippen LogP contribution in [0.5, 0.6) is 0 Å². The van der Waals surface area contributed by atoms with E-state index in [4.69, 9.17) is 17.8 Å². The van der Waals surface area contributed by atoms with Crippen molar-refractivity contribution < 1.29 is 17.8 Å². The van der Waals surface area contributed by atoms with Gasteiger partial charge in [0.05, 0.1) is 5.48 Å². The maximum absolute atomic E-state index is 9.13. The van der Waals surface area contributed by atoms with Gasteiger partial charge in [-0.25, -0.2) is 0 Å². The summed E-state index contributed by atoms with van der Waals surface area (Å²) in [5, 5.41) is 8.79. The molecule has 0 rings (SSSR count). The van der Waals surface area contributed by atoms with Gasteiger partial charge in [0.15, 0.2) is 8.32 Å². The number of rotatable bonds is 4.